The molecule has 80 valence electrons. The number of aromatic hydroxyl groups is 1. The van der Waals surface area contributed by atoms with Crippen molar-refractivity contribution in [1.29, 1.82) is 0 Å². The van der Waals surface area contributed by atoms with Gasteiger partial charge in [-0.25, -0.2) is 0 Å². The molecule has 0 amide bonds. The van der Waals surface area contributed by atoms with Crippen molar-refractivity contribution in [2.24, 2.45) is 0 Å². The molecule has 0 fully saturated rings. The van der Waals surface area contributed by atoms with E-state index in [0.717, 1.165) is 5.56 Å². The summed E-state index contributed by atoms with van der Waals surface area (Å²) in [6.45, 7) is 1.86. The van der Waals surface area contributed by atoms with Crippen LogP contribution in [0.3, 0.4) is 0 Å². The van der Waals surface area contributed by atoms with Crippen LogP contribution in [0, 0.1) is 6.92 Å². The summed E-state index contributed by atoms with van der Waals surface area (Å²) in [5.74, 6) is 0.672. The third-order valence-electron chi connectivity index (χ3n) is 1.16. The maximum Gasteiger partial charge on any atom is 0.170 e. The topological polar surface area (TPSA) is 47.9 Å². The van der Waals surface area contributed by atoms with Crippen LogP contribution in [0.4, 0.5) is 0 Å². The van der Waals surface area contributed by atoms with Crippen molar-refractivity contribution in [3.63, 3.8) is 0 Å². The van der Waals surface area contributed by atoms with Crippen LogP contribution in [0.2, 0.25) is 0 Å². The molecule has 4 nitrogen and oxygen atoms in total. The first-order valence-electron chi connectivity index (χ1n) is 3.54. The summed E-state index contributed by atoms with van der Waals surface area (Å²) in [4.78, 5) is 4.69. The molecule has 6 heteroatoms. The molecular weight excluding hydrogens is 414 g/mol. The Morgan fingerprint density at radius 1 is 1.21 bits per heavy atom. The number of benzene rings is 1. The van der Waals surface area contributed by atoms with E-state index >= 15 is 0 Å². The molecular formula is C8H10I2O4. The van der Waals surface area contributed by atoms with E-state index in [-0.39, 0.29) is 5.75 Å². The molecule has 0 aliphatic heterocycles. The summed E-state index contributed by atoms with van der Waals surface area (Å²) >= 11 is 3.40. The van der Waals surface area contributed by atoms with Crippen LogP contribution in [-0.2, 0) is 6.28 Å². The highest BCUT2D eigenvalue weighted by molar-refractivity contribution is 14.1. The minimum atomic E-state index is 0.174. The van der Waals surface area contributed by atoms with Crippen molar-refractivity contribution >= 4 is 46.0 Å². The number of hydrogen-bond acceptors (Lipinski definition) is 4. The molecule has 1 aromatic rings. The molecule has 0 aliphatic rings. The number of aryl methyl sites for hydroxylation is 1. The smallest absolute Gasteiger partial charge is 0.170 e. The van der Waals surface area contributed by atoms with Gasteiger partial charge in [0.15, 0.2) is 28.8 Å². The standard InChI is InChI=1S/C7H7IO3.CH3IO/c1-5-2-6(9)4-7(3-5)10-11-8;1-3-2/h2-4,9H,1H3;1H3. The van der Waals surface area contributed by atoms with E-state index in [2.05, 4.69) is 6.28 Å². The molecule has 0 saturated heterocycles. The van der Waals surface area contributed by atoms with Crippen LogP contribution in [0.15, 0.2) is 18.2 Å². The van der Waals surface area contributed by atoms with Gasteiger partial charge in [0.25, 0.3) is 0 Å². The number of rotatable bonds is 2. The van der Waals surface area contributed by atoms with Crippen LogP contribution < -0.4 is 4.89 Å². The fraction of sp³-hybridized carbons (Fsp3) is 0.250. The number of phenolic OH excluding ortho intramolecular Hbond substituents is 1. The zero-order chi connectivity index (χ0) is 11.0. The van der Waals surface area contributed by atoms with Crippen LogP contribution in [0.5, 0.6) is 11.5 Å². The van der Waals surface area contributed by atoms with Crippen molar-refractivity contribution in [1.82, 2.24) is 0 Å². The molecule has 0 heterocycles. The fourth-order valence-electron chi connectivity index (χ4n) is 0.813. The Labute approximate surface area is 111 Å². The first kappa shape index (κ1) is 14.2. The number of halogens is 2. The monoisotopic (exact) mass is 424 g/mol. The van der Waals surface area contributed by atoms with Crippen molar-refractivity contribution in [3.05, 3.63) is 23.8 Å². The normalized spacial score (nSPS) is 8.86. The highest BCUT2D eigenvalue weighted by Gasteiger charge is 1.97. The maximum atomic E-state index is 9.08. The van der Waals surface area contributed by atoms with Gasteiger partial charge in [-0.15, -0.1) is 3.22 Å². The molecule has 0 radical (unpaired) electrons. The minimum absolute atomic E-state index is 0.174. The Kier molecular flexibility index (Phi) is 8.63. The second kappa shape index (κ2) is 8.50. The predicted molar refractivity (Wildman–Crippen MR) is 69.6 cm³/mol. The zero-order valence-corrected chi connectivity index (χ0v) is 12.0. The lowest BCUT2D eigenvalue weighted by atomic mass is 10.2. The Morgan fingerprint density at radius 3 is 2.21 bits per heavy atom. The average Bonchev–Trinajstić information content (AvgIpc) is 2.03. The van der Waals surface area contributed by atoms with Gasteiger partial charge in [0, 0.05) is 13.2 Å². The van der Waals surface area contributed by atoms with Crippen LogP contribution in [0.25, 0.3) is 0 Å². The van der Waals surface area contributed by atoms with Gasteiger partial charge >= 0.3 is 0 Å². The van der Waals surface area contributed by atoms with Gasteiger partial charge in [0.05, 0.1) is 0 Å². The van der Waals surface area contributed by atoms with Gasteiger partial charge in [-0.2, -0.15) is 0 Å². The van der Waals surface area contributed by atoms with E-state index in [1.54, 1.807) is 65.3 Å². The maximum absolute atomic E-state index is 9.08. The largest absolute Gasteiger partial charge is 0.508 e. The van der Waals surface area contributed by atoms with Crippen molar-refractivity contribution in [2.45, 2.75) is 6.92 Å². The molecule has 0 atom stereocenters. The van der Waals surface area contributed by atoms with Gasteiger partial charge in [-0.3, -0.25) is 0 Å². The summed E-state index contributed by atoms with van der Waals surface area (Å²) < 4.78 is 8.62. The lowest BCUT2D eigenvalue weighted by Gasteiger charge is -2.00. The molecule has 1 rings (SSSR count). The SMILES string of the molecule is COI.Cc1cc(O)cc(OOI)c1. The van der Waals surface area contributed by atoms with Gasteiger partial charge in [-0.05, 0) is 24.6 Å². The Balaban J connectivity index is 0.000000500. The highest BCUT2D eigenvalue weighted by Crippen LogP contribution is 2.21. The lowest BCUT2D eigenvalue weighted by molar-refractivity contribution is -0.0473. The summed E-state index contributed by atoms with van der Waals surface area (Å²) in [7, 11) is 1.61. The van der Waals surface area contributed by atoms with Crippen LogP contribution in [-0.4, -0.2) is 12.2 Å². The quantitative estimate of drug-likeness (QED) is 0.450. The van der Waals surface area contributed by atoms with E-state index in [1.165, 1.54) is 6.07 Å². The number of phenols is 1. The van der Waals surface area contributed by atoms with Gasteiger partial charge in [0.2, 0.25) is 0 Å². The van der Waals surface area contributed by atoms with E-state index in [4.69, 9.17) is 9.99 Å². The highest BCUT2D eigenvalue weighted by atomic mass is 127. The average molecular weight is 424 g/mol. The van der Waals surface area contributed by atoms with E-state index in [0.29, 0.717) is 5.75 Å². The van der Waals surface area contributed by atoms with Crippen molar-refractivity contribution in [2.75, 3.05) is 7.11 Å². The summed E-state index contributed by atoms with van der Waals surface area (Å²) in [5.41, 5.74) is 0.924. The number of hydrogen-bond donors (Lipinski definition) is 1. The third-order valence-corrected chi connectivity index (χ3v) is 1.34. The lowest BCUT2D eigenvalue weighted by Crippen LogP contribution is -1.85. The first-order valence-corrected chi connectivity index (χ1v) is 5.30. The van der Waals surface area contributed by atoms with Gasteiger partial charge in [0.1, 0.15) is 28.8 Å². The predicted octanol–water partition coefficient (Wildman–Crippen LogP) is 3.34. The minimum Gasteiger partial charge on any atom is -0.508 e. The molecule has 0 bridgehead atoms. The zero-order valence-electron chi connectivity index (χ0n) is 7.66. The molecule has 0 aliphatic carbocycles. The van der Waals surface area contributed by atoms with E-state index in [1.807, 2.05) is 6.92 Å². The second-order valence-corrected chi connectivity index (χ2v) is 3.55. The molecule has 0 saturated carbocycles. The van der Waals surface area contributed by atoms with Gasteiger partial charge in [-0.1, -0.05) is 0 Å². The Hall–Kier alpha value is 0.200. The molecule has 1 aromatic carbocycles. The molecule has 14 heavy (non-hydrogen) atoms. The van der Waals surface area contributed by atoms with Crippen LogP contribution >= 0.6 is 46.0 Å². The molecule has 0 spiro atoms. The van der Waals surface area contributed by atoms with Gasteiger partial charge < -0.3 is 13.1 Å². The van der Waals surface area contributed by atoms with Crippen LogP contribution in [0.1, 0.15) is 5.56 Å². The molecule has 1 N–H and O–H groups in total. The third kappa shape index (κ3) is 6.62. The summed E-state index contributed by atoms with van der Waals surface area (Å²) in [6.07, 6.45) is 0. The Morgan fingerprint density at radius 2 is 1.79 bits per heavy atom. The fourth-order valence-corrected chi connectivity index (χ4v) is 1.02. The van der Waals surface area contributed by atoms with Crippen molar-refractivity contribution in [3.8, 4) is 11.5 Å². The Bertz CT molecular complexity index is 247. The first-order chi connectivity index (χ1) is 6.63. The second-order valence-electron chi connectivity index (χ2n) is 2.30. The van der Waals surface area contributed by atoms with E-state index < -0.39 is 0 Å². The summed E-state index contributed by atoms with van der Waals surface area (Å²) in [5, 5.41) is 9.08. The summed E-state index contributed by atoms with van der Waals surface area (Å²) in [6, 6.07) is 4.88. The molecule has 0 unspecified atom stereocenters. The van der Waals surface area contributed by atoms with E-state index in [9.17, 15) is 0 Å². The van der Waals surface area contributed by atoms with Crippen molar-refractivity contribution < 1.29 is 16.3 Å². The molecule has 0 aromatic heterocycles.